The van der Waals surface area contributed by atoms with Crippen LogP contribution in [-0.4, -0.2) is 51.7 Å². The Kier molecular flexibility index (Phi) is 5.83. The van der Waals surface area contributed by atoms with Gasteiger partial charge in [0, 0.05) is 28.7 Å². The smallest absolute Gasteiger partial charge is 0.508 e. The van der Waals surface area contributed by atoms with Gasteiger partial charge < -0.3 is 19.7 Å². The van der Waals surface area contributed by atoms with Crippen LogP contribution < -0.4 is 0 Å². The molecule has 0 heterocycles. The molecule has 226 valence electrons. The monoisotopic (exact) mass is 576 g/mol. The van der Waals surface area contributed by atoms with Crippen LogP contribution in [-0.2, 0) is 19.1 Å². The van der Waals surface area contributed by atoms with Crippen LogP contribution in [0.1, 0.15) is 86.5 Å². The van der Waals surface area contributed by atoms with Crippen molar-refractivity contribution in [1.29, 1.82) is 0 Å². The summed E-state index contributed by atoms with van der Waals surface area (Å²) in [5, 5.41) is 20.7. The molecule has 2 bridgehead atoms. The van der Waals surface area contributed by atoms with Crippen LogP contribution in [0, 0.1) is 45.3 Å². The van der Waals surface area contributed by atoms with Gasteiger partial charge in [0.1, 0.15) is 23.7 Å². The van der Waals surface area contributed by atoms with Gasteiger partial charge in [-0.1, -0.05) is 34.6 Å². The average molecular weight is 577 g/mol. The van der Waals surface area contributed by atoms with Gasteiger partial charge >= 0.3 is 12.1 Å². The van der Waals surface area contributed by atoms with Crippen molar-refractivity contribution >= 4 is 17.9 Å². The van der Waals surface area contributed by atoms with Crippen molar-refractivity contribution in [1.82, 2.24) is 0 Å². The Morgan fingerprint density at radius 3 is 2.24 bits per heavy atom. The van der Waals surface area contributed by atoms with Crippen LogP contribution in [0.3, 0.4) is 0 Å². The second-order valence-electron chi connectivity index (χ2n) is 15.1. The first kappa shape index (κ1) is 28.7. The number of aliphatic hydroxyl groups excluding tert-OH is 1. The van der Waals surface area contributed by atoms with Gasteiger partial charge in [0.2, 0.25) is 5.60 Å². The molecule has 0 aromatic carbocycles. The molecule has 0 radical (unpaired) electrons. The maximum absolute atomic E-state index is 17.4. The first-order valence-corrected chi connectivity index (χ1v) is 15.0. The van der Waals surface area contributed by atoms with E-state index in [1.165, 1.54) is 6.92 Å². The molecule has 5 saturated carbocycles. The van der Waals surface area contributed by atoms with E-state index in [1.807, 2.05) is 0 Å². The molecule has 1 unspecified atom stereocenters. The third-order valence-corrected chi connectivity index (χ3v) is 13.8. The van der Waals surface area contributed by atoms with Gasteiger partial charge in [-0.25, -0.2) is 18.4 Å². The van der Waals surface area contributed by atoms with E-state index in [2.05, 4.69) is 20.8 Å². The zero-order valence-corrected chi connectivity index (χ0v) is 24.8. The Morgan fingerprint density at radius 2 is 1.66 bits per heavy atom. The third-order valence-electron chi connectivity index (χ3n) is 13.8. The summed E-state index contributed by atoms with van der Waals surface area (Å²) in [5.41, 5.74) is -7.52. The number of hydrogen-bond donors (Lipinski definition) is 2. The molecule has 41 heavy (non-hydrogen) atoms. The fourth-order valence-electron chi connectivity index (χ4n) is 10.8. The van der Waals surface area contributed by atoms with Gasteiger partial charge in [0.15, 0.2) is 5.78 Å². The number of aliphatic hydroxyl groups is 1. The number of carbonyl (C=O) groups is 3. The number of carboxylic acids is 1. The summed E-state index contributed by atoms with van der Waals surface area (Å²) >= 11 is 0. The summed E-state index contributed by atoms with van der Waals surface area (Å²) in [6.07, 6.45) is 1.44. The molecule has 9 heteroatoms. The second-order valence-corrected chi connectivity index (χ2v) is 15.1. The number of ether oxygens (including phenoxy) is 2. The molecule has 0 amide bonds. The van der Waals surface area contributed by atoms with Crippen molar-refractivity contribution in [2.45, 2.75) is 110 Å². The molecule has 6 aliphatic carbocycles. The van der Waals surface area contributed by atoms with Crippen molar-refractivity contribution in [3.8, 4) is 0 Å². The Labute approximate surface area is 239 Å². The largest absolute Gasteiger partial charge is 0.509 e. The van der Waals surface area contributed by atoms with E-state index in [-0.39, 0.29) is 42.1 Å². The maximum atomic E-state index is 17.4. The minimum absolute atomic E-state index is 0.0215. The fourth-order valence-corrected chi connectivity index (χ4v) is 10.8. The summed E-state index contributed by atoms with van der Waals surface area (Å²) in [4.78, 5) is 39.8. The van der Waals surface area contributed by atoms with Crippen molar-refractivity contribution in [3.63, 3.8) is 0 Å². The third kappa shape index (κ3) is 3.16. The molecule has 0 aromatic rings. The zero-order chi connectivity index (χ0) is 30.1. The highest BCUT2D eigenvalue weighted by atomic mass is 19.1. The topological polar surface area (TPSA) is 110 Å². The van der Waals surface area contributed by atoms with Crippen molar-refractivity contribution in [2.75, 3.05) is 0 Å². The number of aliphatic carboxylic acids is 1. The number of allylic oxidation sites excluding steroid dienone is 3. The minimum atomic E-state index is -2.15. The molecular weight excluding hydrogens is 534 g/mol. The summed E-state index contributed by atoms with van der Waals surface area (Å²) < 4.78 is 45.0. The second kappa shape index (κ2) is 8.34. The number of alkyl halides is 2. The molecular formula is C32H42F2O7. The van der Waals surface area contributed by atoms with Crippen LogP contribution in [0.25, 0.3) is 0 Å². The Bertz CT molecular complexity index is 1290. The van der Waals surface area contributed by atoms with E-state index in [0.717, 1.165) is 25.0 Å². The molecule has 6 aliphatic rings. The predicted molar refractivity (Wildman–Crippen MR) is 144 cm³/mol. The number of hydrogen-bond acceptors (Lipinski definition) is 6. The predicted octanol–water partition coefficient (Wildman–Crippen LogP) is 6.66. The first-order valence-electron chi connectivity index (χ1n) is 15.0. The van der Waals surface area contributed by atoms with Crippen molar-refractivity contribution in [2.24, 2.45) is 45.3 Å². The van der Waals surface area contributed by atoms with Crippen LogP contribution >= 0.6 is 0 Å². The minimum Gasteiger partial charge on any atom is -0.508 e. The van der Waals surface area contributed by atoms with Gasteiger partial charge in [-0.15, -0.1) is 0 Å². The molecule has 0 spiro atoms. The fraction of sp³-hybridized carbons (Fsp3) is 0.781. The van der Waals surface area contributed by atoms with Crippen LogP contribution in [0.2, 0.25) is 0 Å². The number of carbonyl (C=O) groups excluding carboxylic acids is 2. The molecule has 0 aromatic heterocycles. The maximum Gasteiger partial charge on any atom is 0.509 e. The van der Waals surface area contributed by atoms with Crippen LogP contribution in [0.15, 0.2) is 23.5 Å². The molecule has 11 atom stereocenters. The lowest BCUT2D eigenvalue weighted by molar-refractivity contribution is -0.207. The van der Waals surface area contributed by atoms with Gasteiger partial charge in [0.25, 0.3) is 0 Å². The van der Waals surface area contributed by atoms with Gasteiger partial charge in [0.05, 0.1) is 5.41 Å². The van der Waals surface area contributed by atoms with E-state index in [0.29, 0.717) is 12.3 Å². The molecule has 5 fully saturated rings. The zero-order valence-electron chi connectivity index (χ0n) is 24.8. The van der Waals surface area contributed by atoms with E-state index in [1.54, 1.807) is 13.8 Å². The normalized spacial score (nSPS) is 51.2. The van der Waals surface area contributed by atoms with E-state index >= 15 is 8.78 Å². The highest BCUT2D eigenvalue weighted by molar-refractivity contribution is 6.00. The van der Waals surface area contributed by atoms with Crippen LogP contribution in [0.5, 0.6) is 0 Å². The Morgan fingerprint density at radius 1 is 0.976 bits per heavy atom. The van der Waals surface area contributed by atoms with Crippen molar-refractivity contribution in [3.05, 3.63) is 23.5 Å². The lowest BCUT2D eigenvalue weighted by Crippen LogP contribution is -2.67. The Hall–Kier alpha value is -2.45. The molecule has 0 saturated heterocycles. The first-order chi connectivity index (χ1) is 18.9. The number of carboxylic acid groups (broad SMARTS) is 1. The lowest BCUT2D eigenvalue weighted by atomic mass is 9.44. The number of ketones is 1. The molecule has 2 N–H and O–H groups in total. The standard InChI is InChI=1S/C32H42F2O7/c1-16-11-19-20-15-22(33)21-13-18(35)14-23(36)30(21,6)31(20,34)10-9-28(19,4)32(16,25(37)38)41-26(39)40-24-12-17-7-8-29(24,5)27(17,2)3/h13-14,16-17,19-20,22,24,35H,7-12,15H2,1-6H3,(H,37,38)/t16-,17-,19+,20+,22+,24+,28+,29+,30-,31?,32-/m1/s1. The number of rotatable bonds is 3. The van der Waals surface area contributed by atoms with Crippen LogP contribution in [0.4, 0.5) is 13.6 Å². The van der Waals surface area contributed by atoms with E-state index < -0.39 is 75.8 Å². The Balaban J connectivity index is 1.33. The quantitative estimate of drug-likeness (QED) is 0.362. The summed E-state index contributed by atoms with van der Waals surface area (Å²) in [5.74, 6) is -4.35. The van der Waals surface area contributed by atoms with Gasteiger partial charge in [-0.3, -0.25) is 4.79 Å². The van der Waals surface area contributed by atoms with Gasteiger partial charge in [-0.2, -0.15) is 0 Å². The van der Waals surface area contributed by atoms with Gasteiger partial charge in [-0.05, 0) is 80.8 Å². The molecule has 7 nitrogen and oxygen atoms in total. The summed E-state index contributed by atoms with van der Waals surface area (Å²) in [6, 6.07) is 0. The number of halogens is 2. The van der Waals surface area contributed by atoms with E-state index in [4.69, 9.17) is 9.47 Å². The summed E-state index contributed by atoms with van der Waals surface area (Å²) in [6.45, 7) is 11.3. The highest BCUT2D eigenvalue weighted by Gasteiger charge is 2.77. The lowest BCUT2D eigenvalue weighted by Gasteiger charge is -2.61. The SMILES string of the molecule is C[C@@H]1C[C@H]2[C@@H]3C[C@H](F)C4=CC(O)=CC(=O)[C@]4(C)C3(F)CC[C@]2(C)[C@]1(OC(=O)O[C@H]1C[C@H]2CC[C@]1(C)C2(C)C)C(=O)O. The summed E-state index contributed by atoms with van der Waals surface area (Å²) in [7, 11) is 0. The van der Waals surface area contributed by atoms with E-state index in [9.17, 15) is 24.6 Å². The average Bonchev–Trinajstić information content (AvgIpc) is 3.32. The molecule has 6 rings (SSSR count). The highest BCUT2D eigenvalue weighted by Crippen LogP contribution is 2.72. The van der Waals surface area contributed by atoms with Crippen molar-refractivity contribution < 1.29 is 42.9 Å². The number of fused-ring (bicyclic) bond motifs is 7. The molecule has 0 aliphatic heterocycles.